The number of furan rings is 3. The van der Waals surface area contributed by atoms with Crippen LogP contribution in [0.1, 0.15) is 11.5 Å². The van der Waals surface area contributed by atoms with Crippen LogP contribution in [0.25, 0.3) is 23.0 Å². The van der Waals surface area contributed by atoms with Gasteiger partial charge in [-0.15, -0.1) is 0 Å². The largest absolute Gasteiger partial charge is 0.455 e. The fraction of sp³-hybridized carbons (Fsp3) is 0.143. The summed E-state index contributed by atoms with van der Waals surface area (Å²) in [6, 6.07) is 10.4. The molecule has 2 N–H and O–H groups in total. The standard InChI is InChI=1S/C14H12O5/c15-7-9-1-3-11(17-9)13-5-6-14(19-13)12-4-2-10(8-16)18-12/h1-6,15-16H,7-8H2. The Morgan fingerprint density at radius 2 is 0.947 bits per heavy atom. The van der Waals surface area contributed by atoms with Gasteiger partial charge in [-0.2, -0.15) is 0 Å². The van der Waals surface area contributed by atoms with E-state index in [0.717, 1.165) is 0 Å². The Bertz CT molecular complexity index is 617. The third-order valence-corrected chi connectivity index (χ3v) is 2.73. The van der Waals surface area contributed by atoms with Crippen LogP contribution < -0.4 is 0 Å². The third kappa shape index (κ3) is 2.21. The average molecular weight is 260 g/mol. The van der Waals surface area contributed by atoms with Crippen molar-refractivity contribution in [1.82, 2.24) is 0 Å². The molecular formula is C14H12O5. The van der Waals surface area contributed by atoms with E-state index in [4.69, 9.17) is 23.5 Å². The minimum atomic E-state index is -0.147. The summed E-state index contributed by atoms with van der Waals surface area (Å²) in [5.74, 6) is 3.16. The van der Waals surface area contributed by atoms with Crippen LogP contribution in [-0.4, -0.2) is 10.2 Å². The molecular weight excluding hydrogens is 248 g/mol. The average Bonchev–Trinajstić information content (AvgIpc) is 3.16. The topological polar surface area (TPSA) is 79.9 Å². The summed E-state index contributed by atoms with van der Waals surface area (Å²) in [7, 11) is 0. The molecule has 0 saturated carbocycles. The van der Waals surface area contributed by atoms with Crippen LogP contribution in [-0.2, 0) is 13.2 Å². The van der Waals surface area contributed by atoms with E-state index in [2.05, 4.69) is 0 Å². The Balaban J connectivity index is 1.90. The molecule has 5 nitrogen and oxygen atoms in total. The minimum absolute atomic E-state index is 0.147. The van der Waals surface area contributed by atoms with Gasteiger partial charge in [0.2, 0.25) is 0 Å². The van der Waals surface area contributed by atoms with E-state index in [1.807, 2.05) is 0 Å². The van der Waals surface area contributed by atoms with E-state index in [0.29, 0.717) is 34.6 Å². The van der Waals surface area contributed by atoms with Crippen molar-refractivity contribution in [2.75, 3.05) is 0 Å². The smallest absolute Gasteiger partial charge is 0.170 e. The summed E-state index contributed by atoms with van der Waals surface area (Å²) >= 11 is 0. The lowest BCUT2D eigenvalue weighted by atomic mass is 10.3. The van der Waals surface area contributed by atoms with Crippen LogP contribution in [0.5, 0.6) is 0 Å². The third-order valence-electron chi connectivity index (χ3n) is 2.73. The summed E-state index contributed by atoms with van der Waals surface area (Å²) in [6.45, 7) is -0.294. The maximum atomic E-state index is 8.95. The molecule has 0 saturated heterocycles. The predicted molar refractivity (Wildman–Crippen MR) is 66.0 cm³/mol. The Hall–Kier alpha value is -2.24. The highest BCUT2D eigenvalue weighted by Crippen LogP contribution is 2.30. The van der Waals surface area contributed by atoms with Crippen LogP contribution in [0.3, 0.4) is 0 Å². The molecule has 19 heavy (non-hydrogen) atoms. The Morgan fingerprint density at radius 3 is 1.32 bits per heavy atom. The van der Waals surface area contributed by atoms with Crippen LogP contribution in [0, 0.1) is 0 Å². The first-order valence-electron chi connectivity index (χ1n) is 5.80. The molecule has 3 aromatic rings. The molecule has 5 heteroatoms. The molecule has 3 heterocycles. The van der Waals surface area contributed by atoms with Crippen molar-refractivity contribution in [2.24, 2.45) is 0 Å². The lowest BCUT2D eigenvalue weighted by Crippen LogP contribution is -1.74. The summed E-state index contributed by atoms with van der Waals surface area (Å²) in [4.78, 5) is 0. The second kappa shape index (κ2) is 4.79. The molecule has 0 atom stereocenters. The second-order valence-electron chi connectivity index (χ2n) is 4.01. The van der Waals surface area contributed by atoms with E-state index in [1.165, 1.54) is 0 Å². The zero-order valence-electron chi connectivity index (χ0n) is 10.00. The van der Waals surface area contributed by atoms with Gasteiger partial charge in [0.05, 0.1) is 0 Å². The summed E-state index contributed by atoms with van der Waals surface area (Å²) in [5.41, 5.74) is 0. The highest BCUT2D eigenvalue weighted by Gasteiger charge is 2.12. The van der Waals surface area contributed by atoms with Crippen LogP contribution in [0.15, 0.2) is 49.6 Å². The Labute approximate surface area is 108 Å². The summed E-state index contributed by atoms with van der Waals surface area (Å²) in [5, 5.41) is 17.9. The van der Waals surface area contributed by atoms with Gasteiger partial charge in [0.15, 0.2) is 23.0 Å². The van der Waals surface area contributed by atoms with Gasteiger partial charge in [0, 0.05) is 0 Å². The van der Waals surface area contributed by atoms with Crippen molar-refractivity contribution >= 4 is 0 Å². The van der Waals surface area contributed by atoms with Crippen molar-refractivity contribution in [1.29, 1.82) is 0 Å². The Morgan fingerprint density at radius 1 is 0.579 bits per heavy atom. The quantitative estimate of drug-likeness (QED) is 0.754. The van der Waals surface area contributed by atoms with Gasteiger partial charge in [-0.3, -0.25) is 0 Å². The number of aliphatic hydroxyl groups excluding tert-OH is 2. The maximum absolute atomic E-state index is 8.95. The molecule has 98 valence electrons. The fourth-order valence-electron chi connectivity index (χ4n) is 1.79. The SMILES string of the molecule is OCc1ccc(-c2ccc(-c3ccc(CO)o3)o2)o1. The van der Waals surface area contributed by atoms with Gasteiger partial charge < -0.3 is 23.5 Å². The van der Waals surface area contributed by atoms with Gasteiger partial charge in [0.1, 0.15) is 24.7 Å². The molecule has 3 aromatic heterocycles. The van der Waals surface area contributed by atoms with Crippen molar-refractivity contribution < 1.29 is 23.5 Å². The minimum Gasteiger partial charge on any atom is -0.455 e. The molecule has 0 amide bonds. The monoisotopic (exact) mass is 260 g/mol. The zero-order valence-corrected chi connectivity index (χ0v) is 10.00. The van der Waals surface area contributed by atoms with E-state index >= 15 is 0 Å². The van der Waals surface area contributed by atoms with Crippen LogP contribution in [0.4, 0.5) is 0 Å². The van der Waals surface area contributed by atoms with Gasteiger partial charge >= 0.3 is 0 Å². The number of aliphatic hydroxyl groups is 2. The van der Waals surface area contributed by atoms with Gasteiger partial charge in [-0.25, -0.2) is 0 Å². The fourth-order valence-corrected chi connectivity index (χ4v) is 1.79. The van der Waals surface area contributed by atoms with Crippen LogP contribution in [0.2, 0.25) is 0 Å². The molecule has 0 aliphatic carbocycles. The van der Waals surface area contributed by atoms with E-state index < -0.39 is 0 Å². The van der Waals surface area contributed by atoms with Gasteiger partial charge in [-0.05, 0) is 36.4 Å². The summed E-state index contributed by atoms with van der Waals surface area (Å²) < 4.78 is 16.4. The first-order chi connectivity index (χ1) is 9.30. The van der Waals surface area contributed by atoms with Gasteiger partial charge in [0.25, 0.3) is 0 Å². The van der Waals surface area contributed by atoms with Gasteiger partial charge in [-0.1, -0.05) is 0 Å². The summed E-state index contributed by atoms with van der Waals surface area (Å²) in [6.07, 6.45) is 0. The van der Waals surface area contributed by atoms with Crippen molar-refractivity contribution in [3.63, 3.8) is 0 Å². The normalized spacial score (nSPS) is 11.1. The Kier molecular flexibility index (Phi) is 2.98. The maximum Gasteiger partial charge on any atom is 0.170 e. The van der Waals surface area contributed by atoms with E-state index in [-0.39, 0.29) is 13.2 Å². The lowest BCUT2D eigenvalue weighted by molar-refractivity contribution is 0.247. The highest BCUT2D eigenvalue weighted by atomic mass is 16.4. The number of hydrogen-bond donors (Lipinski definition) is 2. The molecule has 0 bridgehead atoms. The van der Waals surface area contributed by atoms with E-state index in [1.54, 1.807) is 36.4 Å². The molecule has 0 aliphatic heterocycles. The van der Waals surface area contributed by atoms with E-state index in [9.17, 15) is 0 Å². The predicted octanol–water partition coefficient (Wildman–Crippen LogP) is 2.78. The molecule has 0 radical (unpaired) electrons. The highest BCUT2D eigenvalue weighted by molar-refractivity contribution is 5.58. The molecule has 0 fully saturated rings. The van der Waals surface area contributed by atoms with Crippen molar-refractivity contribution in [2.45, 2.75) is 13.2 Å². The molecule has 0 unspecified atom stereocenters. The number of hydrogen-bond acceptors (Lipinski definition) is 5. The first kappa shape index (κ1) is 11.8. The number of rotatable bonds is 4. The second-order valence-corrected chi connectivity index (χ2v) is 4.01. The molecule has 3 rings (SSSR count). The molecule has 0 aromatic carbocycles. The molecule has 0 aliphatic rings. The van der Waals surface area contributed by atoms with Crippen molar-refractivity contribution in [3.8, 4) is 23.0 Å². The van der Waals surface area contributed by atoms with Crippen LogP contribution >= 0.6 is 0 Å². The molecule has 0 spiro atoms. The first-order valence-corrected chi connectivity index (χ1v) is 5.80. The lowest BCUT2D eigenvalue weighted by Gasteiger charge is -1.93. The van der Waals surface area contributed by atoms with Crippen molar-refractivity contribution in [3.05, 3.63) is 47.9 Å². The zero-order chi connectivity index (χ0) is 13.2.